The van der Waals surface area contributed by atoms with Crippen molar-refractivity contribution in [2.75, 3.05) is 20.2 Å². The molecule has 2 aromatic rings. The van der Waals surface area contributed by atoms with E-state index in [0.29, 0.717) is 25.1 Å². The van der Waals surface area contributed by atoms with Gasteiger partial charge in [0.05, 0.1) is 7.11 Å². The molecule has 2 aromatic carbocycles. The Bertz CT molecular complexity index is 688. The fraction of sp³-hybridized carbons (Fsp3) is 0.263. The molecule has 0 unspecified atom stereocenters. The molecule has 0 N–H and O–H groups in total. The second-order valence-corrected chi connectivity index (χ2v) is 6.19. The van der Waals surface area contributed by atoms with Crippen LogP contribution in [0.1, 0.15) is 22.3 Å². The van der Waals surface area contributed by atoms with E-state index in [1.807, 2.05) is 42.5 Å². The van der Waals surface area contributed by atoms with Gasteiger partial charge < -0.3 is 9.64 Å². The molecule has 0 aliphatic carbocycles. The zero-order valence-corrected chi connectivity index (χ0v) is 15.2. The molecule has 0 aliphatic rings. The number of ketones is 1. The Balaban J connectivity index is 1.95. The van der Waals surface area contributed by atoms with E-state index in [4.69, 9.17) is 4.74 Å². The van der Waals surface area contributed by atoms with Crippen molar-refractivity contribution in [1.82, 2.24) is 4.90 Å². The van der Waals surface area contributed by atoms with Gasteiger partial charge in [-0.25, -0.2) is 4.79 Å². The number of hydrogen-bond donors (Lipinski definition) is 0. The number of rotatable bonds is 7. The second-order valence-electron chi connectivity index (χ2n) is 5.34. The van der Waals surface area contributed by atoms with Crippen molar-refractivity contribution in [1.29, 1.82) is 0 Å². The highest BCUT2D eigenvalue weighted by Gasteiger charge is 2.16. The van der Waals surface area contributed by atoms with Crippen LogP contribution in [-0.2, 0) is 11.2 Å². The Morgan fingerprint density at radius 3 is 2.33 bits per heavy atom. The molecule has 4 nitrogen and oxygen atoms in total. The molecule has 2 rings (SSSR count). The highest BCUT2D eigenvalue weighted by Crippen LogP contribution is 2.17. The van der Waals surface area contributed by atoms with E-state index >= 15 is 0 Å². The van der Waals surface area contributed by atoms with Crippen LogP contribution in [0.3, 0.4) is 0 Å². The minimum atomic E-state index is -0.414. The van der Waals surface area contributed by atoms with Gasteiger partial charge in [0.25, 0.3) is 0 Å². The molecule has 0 bridgehead atoms. The van der Waals surface area contributed by atoms with Crippen LogP contribution < -0.4 is 0 Å². The first-order valence-corrected chi connectivity index (χ1v) is 8.55. The minimum Gasteiger partial charge on any atom is -0.453 e. The Morgan fingerprint density at radius 1 is 1.00 bits per heavy atom. The van der Waals surface area contributed by atoms with E-state index in [-0.39, 0.29) is 12.2 Å². The highest BCUT2D eigenvalue weighted by molar-refractivity contribution is 9.10. The van der Waals surface area contributed by atoms with Crippen molar-refractivity contribution in [2.45, 2.75) is 12.8 Å². The van der Waals surface area contributed by atoms with Crippen LogP contribution in [0.5, 0.6) is 0 Å². The molecule has 0 saturated carbocycles. The lowest BCUT2D eigenvalue weighted by molar-refractivity contribution is 0.0948. The number of carbonyl (C=O) groups excluding carboxylic acids is 2. The number of amides is 1. The summed E-state index contributed by atoms with van der Waals surface area (Å²) in [5, 5.41) is 0. The third-order valence-electron chi connectivity index (χ3n) is 3.75. The number of hydrogen-bond acceptors (Lipinski definition) is 3. The van der Waals surface area contributed by atoms with Crippen LogP contribution in [0, 0.1) is 0 Å². The van der Waals surface area contributed by atoms with Crippen molar-refractivity contribution in [3.63, 3.8) is 0 Å². The molecule has 0 fully saturated rings. The minimum absolute atomic E-state index is 0.0189. The van der Waals surface area contributed by atoms with Crippen LogP contribution in [0.4, 0.5) is 4.79 Å². The van der Waals surface area contributed by atoms with Gasteiger partial charge in [0, 0.05) is 29.5 Å². The summed E-state index contributed by atoms with van der Waals surface area (Å²) in [4.78, 5) is 25.7. The number of methoxy groups -OCH3 is 1. The van der Waals surface area contributed by atoms with E-state index in [1.165, 1.54) is 7.11 Å². The number of ether oxygens (including phenoxy) is 1. The largest absolute Gasteiger partial charge is 0.453 e. The van der Waals surface area contributed by atoms with Gasteiger partial charge in [-0.3, -0.25) is 4.79 Å². The Kier molecular flexibility index (Phi) is 7.00. The number of halogens is 1. The van der Waals surface area contributed by atoms with Gasteiger partial charge in [-0.05, 0) is 18.1 Å². The summed E-state index contributed by atoms with van der Waals surface area (Å²) in [6.07, 6.45) is 0.549. The average molecular weight is 390 g/mol. The number of Topliss-reactive ketones (excluding diaryl/α,β-unsaturated/α-hetero) is 1. The Hall–Kier alpha value is -2.14. The summed E-state index contributed by atoms with van der Waals surface area (Å²) in [7, 11) is 1.35. The first-order chi connectivity index (χ1) is 11.6. The maximum absolute atomic E-state index is 12.2. The molecule has 126 valence electrons. The molecule has 0 aromatic heterocycles. The van der Waals surface area contributed by atoms with Crippen molar-refractivity contribution < 1.29 is 14.3 Å². The van der Waals surface area contributed by atoms with Crippen LogP contribution in [0.2, 0.25) is 0 Å². The monoisotopic (exact) mass is 389 g/mol. The molecule has 0 atom stereocenters. The summed E-state index contributed by atoms with van der Waals surface area (Å²) < 4.78 is 5.84. The van der Waals surface area contributed by atoms with Crippen molar-refractivity contribution in [3.05, 3.63) is 70.2 Å². The lowest BCUT2D eigenvalue weighted by Gasteiger charge is -2.21. The molecule has 5 heteroatoms. The third-order valence-corrected chi connectivity index (χ3v) is 4.52. The maximum Gasteiger partial charge on any atom is 0.409 e. The van der Waals surface area contributed by atoms with Crippen molar-refractivity contribution in [3.8, 4) is 0 Å². The molecule has 0 heterocycles. The van der Waals surface area contributed by atoms with Crippen molar-refractivity contribution in [2.24, 2.45) is 0 Å². The predicted octanol–water partition coefficient (Wildman–Crippen LogP) is 4.33. The smallest absolute Gasteiger partial charge is 0.409 e. The van der Waals surface area contributed by atoms with Gasteiger partial charge >= 0.3 is 6.09 Å². The van der Waals surface area contributed by atoms with E-state index < -0.39 is 6.09 Å². The molecular weight excluding hydrogens is 370 g/mol. The fourth-order valence-electron chi connectivity index (χ4n) is 2.38. The number of benzene rings is 2. The topological polar surface area (TPSA) is 46.6 Å². The predicted molar refractivity (Wildman–Crippen MR) is 97.2 cm³/mol. The van der Waals surface area contributed by atoms with Gasteiger partial charge in [-0.2, -0.15) is 0 Å². The maximum atomic E-state index is 12.2. The van der Waals surface area contributed by atoms with Gasteiger partial charge in [-0.15, -0.1) is 0 Å². The highest BCUT2D eigenvalue weighted by atomic mass is 79.9. The first-order valence-electron chi connectivity index (χ1n) is 7.76. The van der Waals surface area contributed by atoms with Crippen molar-refractivity contribution >= 4 is 27.8 Å². The molecule has 1 amide bonds. The van der Waals surface area contributed by atoms with E-state index in [2.05, 4.69) is 15.9 Å². The van der Waals surface area contributed by atoms with E-state index in [1.54, 1.807) is 17.0 Å². The Morgan fingerprint density at radius 2 is 1.67 bits per heavy atom. The van der Waals surface area contributed by atoms with Crippen LogP contribution in [-0.4, -0.2) is 37.0 Å². The Labute approximate surface area is 150 Å². The fourth-order valence-corrected chi connectivity index (χ4v) is 2.87. The van der Waals surface area contributed by atoms with E-state index in [9.17, 15) is 9.59 Å². The summed E-state index contributed by atoms with van der Waals surface area (Å²) in [5.74, 6) is 0.0189. The van der Waals surface area contributed by atoms with Crippen LogP contribution in [0.15, 0.2) is 59.1 Å². The molecule has 0 spiro atoms. The standard InChI is InChI=1S/C19H20BrNO3/c1-24-19(23)21(13-11-15-7-5-6-10-17(15)20)14-12-18(22)16-8-3-2-4-9-16/h2-10H,11-14H2,1H3. The zero-order chi connectivity index (χ0) is 17.4. The molecule has 0 saturated heterocycles. The third kappa shape index (κ3) is 5.20. The molecule has 24 heavy (non-hydrogen) atoms. The molecule has 0 aliphatic heterocycles. The lowest BCUT2D eigenvalue weighted by Crippen LogP contribution is -2.34. The molecule has 0 radical (unpaired) electrons. The molecular formula is C19H20BrNO3. The zero-order valence-electron chi connectivity index (χ0n) is 13.6. The van der Waals surface area contributed by atoms with Gasteiger partial charge in [0.1, 0.15) is 0 Å². The summed E-state index contributed by atoms with van der Waals surface area (Å²) in [6, 6.07) is 17.0. The van der Waals surface area contributed by atoms with Crippen LogP contribution in [0.25, 0.3) is 0 Å². The summed E-state index contributed by atoms with van der Waals surface area (Å²) in [6.45, 7) is 0.836. The van der Waals surface area contributed by atoms with Gasteiger partial charge in [-0.1, -0.05) is 64.5 Å². The SMILES string of the molecule is COC(=O)N(CCC(=O)c1ccccc1)CCc1ccccc1Br. The number of carbonyl (C=O) groups is 2. The van der Waals surface area contributed by atoms with Crippen LogP contribution >= 0.6 is 15.9 Å². The number of nitrogens with zero attached hydrogens (tertiary/aromatic N) is 1. The van der Waals surface area contributed by atoms with Gasteiger partial charge in [0.15, 0.2) is 5.78 Å². The normalized spacial score (nSPS) is 10.2. The van der Waals surface area contributed by atoms with E-state index in [0.717, 1.165) is 10.0 Å². The quantitative estimate of drug-likeness (QED) is 0.661. The second kappa shape index (κ2) is 9.23. The summed E-state index contributed by atoms with van der Waals surface area (Å²) >= 11 is 3.50. The lowest BCUT2D eigenvalue weighted by atomic mass is 10.1. The average Bonchev–Trinajstić information content (AvgIpc) is 2.63. The summed E-state index contributed by atoms with van der Waals surface area (Å²) in [5.41, 5.74) is 1.77. The van der Waals surface area contributed by atoms with Gasteiger partial charge in [0.2, 0.25) is 0 Å². The first kappa shape index (κ1) is 18.2.